The Hall–Kier alpha value is -2.15. The molecule has 6 nitrogen and oxygen atoms in total. The van der Waals surface area contributed by atoms with Crippen molar-refractivity contribution in [3.63, 3.8) is 0 Å². The lowest BCUT2D eigenvalue weighted by molar-refractivity contribution is 0.0692. The SMILES string of the molecule is COc1ccc(-c2nsnc2C(=O)O)cc1OC. The maximum atomic E-state index is 11.0. The number of carboxylic acids is 1. The molecule has 0 atom stereocenters. The Morgan fingerprint density at radius 3 is 2.56 bits per heavy atom. The van der Waals surface area contributed by atoms with E-state index < -0.39 is 5.97 Å². The van der Waals surface area contributed by atoms with Gasteiger partial charge in [-0.25, -0.2) is 4.79 Å². The lowest BCUT2D eigenvalue weighted by Crippen LogP contribution is -1.99. The van der Waals surface area contributed by atoms with Crippen molar-refractivity contribution in [3.8, 4) is 22.8 Å². The van der Waals surface area contributed by atoms with Crippen LogP contribution in [0.5, 0.6) is 11.5 Å². The predicted molar refractivity (Wildman–Crippen MR) is 65.4 cm³/mol. The molecule has 1 heterocycles. The second-order valence-electron chi connectivity index (χ2n) is 3.34. The smallest absolute Gasteiger partial charge is 0.357 e. The summed E-state index contributed by atoms with van der Waals surface area (Å²) in [5.41, 5.74) is 0.888. The first-order valence-electron chi connectivity index (χ1n) is 4.95. The van der Waals surface area contributed by atoms with Gasteiger partial charge >= 0.3 is 5.97 Å². The van der Waals surface area contributed by atoms with E-state index >= 15 is 0 Å². The van der Waals surface area contributed by atoms with E-state index in [1.807, 2.05) is 0 Å². The first-order valence-corrected chi connectivity index (χ1v) is 5.68. The second-order valence-corrected chi connectivity index (χ2v) is 3.86. The van der Waals surface area contributed by atoms with Gasteiger partial charge in [-0.1, -0.05) is 0 Å². The van der Waals surface area contributed by atoms with Gasteiger partial charge in [0.25, 0.3) is 0 Å². The summed E-state index contributed by atoms with van der Waals surface area (Å²) in [6, 6.07) is 5.08. The minimum absolute atomic E-state index is 0.0628. The number of nitrogens with zero attached hydrogens (tertiary/aromatic N) is 2. The number of methoxy groups -OCH3 is 2. The Kier molecular flexibility index (Phi) is 3.42. The summed E-state index contributed by atoms with van der Waals surface area (Å²) in [6.45, 7) is 0. The molecule has 2 aromatic rings. The highest BCUT2D eigenvalue weighted by Crippen LogP contribution is 2.32. The summed E-state index contributed by atoms with van der Waals surface area (Å²) in [6.07, 6.45) is 0. The van der Waals surface area contributed by atoms with E-state index in [4.69, 9.17) is 14.6 Å². The van der Waals surface area contributed by atoms with Crippen LogP contribution in [0, 0.1) is 0 Å². The quantitative estimate of drug-likeness (QED) is 0.910. The number of carboxylic acid groups (broad SMARTS) is 1. The number of aromatic nitrogens is 2. The minimum atomic E-state index is -1.10. The third kappa shape index (κ3) is 2.12. The molecule has 1 aromatic carbocycles. The molecular weight excluding hydrogens is 256 g/mol. The van der Waals surface area contributed by atoms with E-state index in [0.29, 0.717) is 22.8 Å². The Morgan fingerprint density at radius 2 is 1.94 bits per heavy atom. The monoisotopic (exact) mass is 266 g/mol. The van der Waals surface area contributed by atoms with Crippen LogP contribution in [-0.4, -0.2) is 34.0 Å². The number of aromatic carboxylic acids is 1. The number of rotatable bonds is 4. The Bertz CT molecular complexity index is 582. The molecule has 7 heteroatoms. The normalized spacial score (nSPS) is 10.1. The average Bonchev–Trinajstić information content (AvgIpc) is 2.87. The van der Waals surface area contributed by atoms with E-state index in [-0.39, 0.29) is 5.69 Å². The van der Waals surface area contributed by atoms with Crippen molar-refractivity contribution in [1.82, 2.24) is 8.75 Å². The van der Waals surface area contributed by atoms with Gasteiger partial charge in [-0.15, -0.1) is 0 Å². The zero-order valence-electron chi connectivity index (χ0n) is 9.71. The highest BCUT2D eigenvalue weighted by atomic mass is 32.1. The first-order chi connectivity index (χ1) is 8.67. The maximum absolute atomic E-state index is 11.0. The summed E-state index contributed by atoms with van der Waals surface area (Å²) >= 11 is 0.860. The Balaban J connectivity index is 2.51. The van der Waals surface area contributed by atoms with Gasteiger partial charge in [-0.3, -0.25) is 0 Å². The fourth-order valence-electron chi connectivity index (χ4n) is 1.50. The van der Waals surface area contributed by atoms with Crippen LogP contribution >= 0.6 is 11.7 Å². The van der Waals surface area contributed by atoms with Gasteiger partial charge < -0.3 is 14.6 Å². The maximum Gasteiger partial charge on any atom is 0.357 e. The lowest BCUT2D eigenvalue weighted by Gasteiger charge is -2.08. The molecule has 0 saturated heterocycles. The molecule has 0 amide bonds. The van der Waals surface area contributed by atoms with Crippen LogP contribution in [0.15, 0.2) is 18.2 Å². The number of hydrogen-bond acceptors (Lipinski definition) is 6. The van der Waals surface area contributed by atoms with Gasteiger partial charge in [-0.05, 0) is 18.2 Å². The third-order valence-electron chi connectivity index (χ3n) is 2.35. The molecule has 1 aromatic heterocycles. The molecule has 0 unspecified atom stereocenters. The summed E-state index contributed by atoms with van der Waals surface area (Å²) < 4.78 is 18.0. The molecule has 0 fully saturated rings. The molecule has 94 valence electrons. The molecule has 0 aliphatic rings. The summed E-state index contributed by atoms with van der Waals surface area (Å²) in [4.78, 5) is 11.0. The number of hydrogen-bond donors (Lipinski definition) is 1. The molecule has 0 bridgehead atoms. The minimum Gasteiger partial charge on any atom is -0.493 e. The van der Waals surface area contributed by atoms with Gasteiger partial charge in [0.05, 0.1) is 25.9 Å². The van der Waals surface area contributed by atoms with Crippen molar-refractivity contribution in [2.45, 2.75) is 0 Å². The Morgan fingerprint density at radius 1 is 1.22 bits per heavy atom. The highest BCUT2D eigenvalue weighted by molar-refractivity contribution is 6.99. The Labute approximate surface area is 107 Å². The molecule has 1 N–H and O–H groups in total. The molecule has 0 radical (unpaired) electrons. The second kappa shape index (κ2) is 5.01. The van der Waals surface area contributed by atoms with Crippen molar-refractivity contribution < 1.29 is 19.4 Å². The van der Waals surface area contributed by atoms with Crippen LogP contribution in [0.3, 0.4) is 0 Å². The standard InChI is InChI=1S/C11H10N2O4S/c1-16-7-4-3-6(5-8(7)17-2)9-10(11(14)15)13-18-12-9/h3-5H,1-2H3,(H,14,15). The molecule has 0 aliphatic heterocycles. The first kappa shape index (κ1) is 12.3. The highest BCUT2D eigenvalue weighted by Gasteiger charge is 2.18. The topological polar surface area (TPSA) is 81.5 Å². The van der Waals surface area contributed by atoms with E-state index in [1.54, 1.807) is 18.2 Å². The van der Waals surface area contributed by atoms with Crippen LogP contribution in [0.4, 0.5) is 0 Å². The van der Waals surface area contributed by atoms with Crippen LogP contribution in [0.2, 0.25) is 0 Å². The predicted octanol–water partition coefficient (Wildman–Crippen LogP) is 1.92. The van der Waals surface area contributed by atoms with Gasteiger partial charge in [0.15, 0.2) is 17.2 Å². The van der Waals surface area contributed by atoms with Gasteiger partial charge in [0.2, 0.25) is 0 Å². The van der Waals surface area contributed by atoms with Crippen LogP contribution in [0.1, 0.15) is 10.5 Å². The zero-order valence-corrected chi connectivity index (χ0v) is 10.5. The van der Waals surface area contributed by atoms with Crippen molar-refractivity contribution in [1.29, 1.82) is 0 Å². The van der Waals surface area contributed by atoms with Crippen molar-refractivity contribution >= 4 is 17.7 Å². The number of benzene rings is 1. The zero-order chi connectivity index (χ0) is 13.1. The summed E-state index contributed by atoms with van der Waals surface area (Å²) in [5.74, 6) is -0.0193. The van der Waals surface area contributed by atoms with Gasteiger partial charge in [0.1, 0.15) is 5.69 Å². The lowest BCUT2D eigenvalue weighted by atomic mass is 10.1. The summed E-state index contributed by atoms with van der Waals surface area (Å²) in [7, 11) is 3.05. The molecule has 0 spiro atoms. The van der Waals surface area contributed by atoms with E-state index in [9.17, 15) is 4.79 Å². The summed E-state index contributed by atoms with van der Waals surface area (Å²) in [5, 5.41) is 8.99. The largest absolute Gasteiger partial charge is 0.493 e. The molecule has 18 heavy (non-hydrogen) atoms. The van der Waals surface area contributed by atoms with E-state index in [1.165, 1.54) is 14.2 Å². The fraction of sp³-hybridized carbons (Fsp3) is 0.182. The van der Waals surface area contributed by atoms with Gasteiger partial charge in [0, 0.05) is 5.56 Å². The molecular formula is C11H10N2O4S. The molecule has 0 aliphatic carbocycles. The van der Waals surface area contributed by atoms with E-state index in [0.717, 1.165) is 11.7 Å². The van der Waals surface area contributed by atoms with Crippen molar-refractivity contribution in [2.75, 3.05) is 14.2 Å². The molecule has 0 saturated carbocycles. The number of carbonyl (C=O) groups is 1. The van der Waals surface area contributed by atoms with Crippen molar-refractivity contribution in [3.05, 3.63) is 23.9 Å². The van der Waals surface area contributed by atoms with Crippen LogP contribution in [0.25, 0.3) is 11.3 Å². The van der Waals surface area contributed by atoms with Crippen molar-refractivity contribution in [2.24, 2.45) is 0 Å². The molecule has 2 rings (SSSR count). The number of ether oxygens (including phenoxy) is 2. The fourth-order valence-corrected chi connectivity index (χ4v) is 2.06. The van der Waals surface area contributed by atoms with Crippen LogP contribution < -0.4 is 9.47 Å². The van der Waals surface area contributed by atoms with Gasteiger partial charge in [-0.2, -0.15) is 8.75 Å². The average molecular weight is 266 g/mol. The van der Waals surface area contributed by atoms with E-state index in [2.05, 4.69) is 8.75 Å². The van der Waals surface area contributed by atoms with Crippen LogP contribution in [-0.2, 0) is 0 Å². The third-order valence-corrected chi connectivity index (χ3v) is 2.88.